The lowest BCUT2D eigenvalue weighted by Gasteiger charge is -2.09. The summed E-state index contributed by atoms with van der Waals surface area (Å²) in [6.45, 7) is 2.62. The molecule has 1 aromatic heterocycles. The van der Waals surface area contributed by atoms with Crippen molar-refractivity contribution >= 4 is 21.4 Å². The van der Waals surface area contributed by atoms with Crippen molar-refractivity contribution in [2.24, 2.45) is 5.92 Å². The van der Waals surface area contributed by atoms with E-state index in [0.717, 1.165) is 24.4 Å². The van der Waals surface area contributed by atoms with Gasteiger partial charge in [0.2, 0.25) is 10.0 Å². The Balaban J connectivity index is 1.55. The minimum absolute atomic E-state index is 0.305. The highest BCUT2D eigenvalue weighted by molar-refractivity contribution is 7.89. The van der Waals surface area contributed by atoms with Crippen LogP contribution in [0.5, 0.6) is 0 Å². The van der Waals surface area contributed by atoms with Crippen molar-refractivity contribution in [3.63, 3.8) is 0 Å². The van der Waals surface area contributed by atoms with Gasteiger partial charge < -0.3 is 10.1 Å². The number of rotatable bonds is 7. The van der Waals surface area contributed by atoms with E-state index in [1.165, 1.54) is 24.2 Å². The molecular formula is C13H20N2O3S2. The normalized spacial score (nSPS) is 23.3. The molecule has 0 spiro atoms. The molecule has 0 radical (unpaired) electrons. The molecule has 5 nitrogen and oxygen atoms in total. The molecule has 1 atom stereocenters. The Hall–Kier alpha value is -0.470. The predicted molar refractivity (Wildman–Crippen MR) is 78.3 cm³/mol. The van der Waals surface area contributed by atoms with Crippen molar-refractivity contribution in [3.05, 3.63) is 16.3 Å². The molecule has 7 heteroatoms. The second-order valence-corrected chi connectivity index (χ2v) is 8.25. The average molecular weight is 316 g/mol. The van der Waals surface area contributed by atoms with Crippen LogP contribution in [0.15, 0.2) is 16.3 Å². The summed E-state index contributed by atoms with van der Waals surface area (Å²) < 4.78 is 32.3. The van der Waals surface area contributed by atoms with E-state index < -0.39 is 10.0 Å². The maximum atomic E-state index is 12.2. The fraction of sp³-hybridized carbons (Fsp3) is 0.692. The summed E-state index contributed by atoms with van der Waals surface area (Å²) in [5.74, 6) is 0.305. The first kappa shape index (κ1) is 14.5. The summed E-state index contributed by atoms with van der Waals surface area (Å²) >= 11 is 1.50. The Morgan fingerprint density at radius 3 is 2.90 bits per heavy atom. The van der Waals surface area contributed by atoms with E-state index in [0.29, 0.717) is 30.0 Å². The molecule has 0 bridgehead atoms. The highest BCUT2D eigenvalue weighted by atomic mass is 32.2. The molecule has 20 heavy (non-hydrogen) atoms. The van der Waals surface area contributed by atoms with Crippen molar-refractivity contribution in [2.75, 3.05) is 19.8 Å². The van der Waals surface area contributed by atoms with E-state index >= 15 is 0 Å². The van der Waals surface area contributed by atoms with Crippen molar-refractivity contribution in [1.82, 2.24) is 10.0 Å². The first-order chi connectivity index (χ1) is 9.63. The largest absolute Gasteiger partial charge is 0.381 e. The lowest BCUT2D eigenvalue weighted by Crippen LogP contribution is -2.29. The highest BCUT2D eigenvalue weighted by Crippen LogP contribution is 2.23. The first-order valence-electron chi connectivity index (χ1n) is 7.02. The molecule has 1 saturated heterocycles. The third-order valence-electron chi connectivity index (χ3n) is 3.67. The number of hydrogen-bond acceptors (Lipinski definition) is 5. The minimum Gasteiger partial charge on any atom is -0.381 e. The Labute approximate surface area is 123 Å². The second kappa shape index (κ2) is 6.11. The van der Waals surface area contributed by atoms with Gasteiger partial charge in [-0.2, -0.15) is 0 Å². The quantitative estimate of drug-likeness (QED) is 0.796. The Morgan fingerprint density at radius 1 is 1.35 bits per heavy atom. The molecule has 2 N–H and O–H groups in total. The summed E-state index contributed by atoms with van der Waals surface area (Å²) in [4.78, 5) is 1.45. The van der Waals surface area contributed by atoms with Crippen LogP contribution in [-0.4, -0.2) is 34.2 Å². The molecule has 2 heterocycles. The Morgan fingerprint density at radius 2 is 2.20 bits per heavy atom. The molecule has 2 fully saturated rings. The predicted octanol–water partition coefficient (Wildman–Crippen LogP) is 1.31. The molecule has 3 rings (SSSR count). The topological polar surface area (TPSA) is 67.4 Å². The SMILES string of the molecule is O=S(=O)(NCC1CCOC1)c1csc(CNC2CC2)c1. The van der Waals surface area contributed by atoms with Gasteiger partial charge in [-0.05, 0) is 31.2 Å². The zero-order valence-corrected chi connectivity index (χ0v) is 12.9. The van der Waals surface area contributed by atoms with Gasteiger partial charge >= 0.3 is 0 Å². The molecule has 1 aliphatic heterocycles. The summed E-state index contributed by atoms with van der Waals surface area (Å²) in [5.41, 5.74) is 0. The van der Waals surface area contributed by atoms with Crippen LogP contribution in [0.3, 0.4) is 0 Å². The zero-order valence-electron chi connectivity index (χ0n) is 11.3. The van der Waals surface area contributed by atoms with Gasteiger partial charge in [-0.25, -0.2) is 13.1 Å². The molecule has 0 aromatic carbocycles. The van der Waals surface area contributed by atoms with Crippen molar-refractivity contribution < 1.29 is 13.2 Å². The van der Waals surface area contributed by atoms with Crippen LogP contribution in [0.4, 0.5) is 0 Å². The monoisotopic (exact) mass is 316 g/mol. The van der Waals surface area contributed by atoms with Gasteiger partial charge in [0, 0.05) is 36.0 Å². The standard InChI is InChI=1S/C13H20N2O3S2/c16-20(17,15-6-10-3-4-18-8-10)13-5-12(19-9-13)7-14-11-1-2-11/h5,9-11,14-15H,1-4,6-8H2. The van der Waals surface area contributed by atoms with Crippen molar-refractivity contribution in [1.29, 1.82) is 0 Å². The molecule has 1 unspecified atom stereocenters. The molecular weight excluding hydrogens is 296 g/mol. The molecule has 1 saturated carbocycles. The molecule has 112 valence electrons. The van der Waals surface area contributed by atoms with Crippen LogP contribution < -0.4 is 10.0 Å². The third kappa shape index (κ3) is 3.79. The first-order valence-corrected chi connectivity index (χ1v) is 9.38. The lowest BCUT2D eigenvalue weighted by atomic mass is 10.1. The maximum Gasteiger partial charge on any atom is 0.241 e. The second-order valence-electron chi connectivity index (χ2n) is 5.49. The highest BCUT2D eigenvalue weighted by Gasteiger charge is 2.22. The van der Waals surface area contributed by atoms with Gasteiger partial charge in [-0.15, -0.1) is 11.3 Å². The molecule has 0 amide bonds. The fourth-order valence-corrected chi connectivity index (χ4v) is 4.52. The zero-order chi connectivity index (χ0) is 14.0. The summed E-state index contributed by atoms with van der Waals surface area (Å²) in [6, 6.07) is 2.41. The van der Waals surface area contributed by atoms with Crippen LogP contribution in [0, 0.1) is 5.92 Å². The smallest absolute Gasteiger partial charge is 0.241 e. The van der Waals surface area contributed by atoms with Crippen molar-refractivity contribution in [2.45, 2.75) is 36.7 Å². The Kier molecular flexibility index (Phi) is 4.42. The maximum absolute atomic E-state index is 12.2. The summed E-state index contributed by atoms with van der Waals surface area (Å²) in [5, 5.41) is 5.11. The van der Waals surface area contributed by atoms with Crippen LogP contribution >= 0.6 is 11.3 Å². The van der Waals surface area contributed by atoms with Gasteiger partial charge in [-0.1, -0.05) is 0 Å². The van der Waals surface area contributed by atoms with E-state index in [9.17, 15) is 8.42 Å². The van der Waals surface area contributed by atoms with Gasteiger partial charge in [0.05, 0.1) is 11.5 Å². The van der Waals surface area contributed by atoms with Gasteiger partial charge in [0.15, 0.2) is 0 Å². The van der Waals surface area contributed by atoms with E-state index in [1.54, 1.807) is 11.4 Å². The van der Waals surface area contributed by atoms with Gasteiger partial charge in [0.1, 0.15) is 0 Å². The van der Waals surface area contributed by atoms with E-state index in [-0.39, 0.29) is 0 Å². The number of hydrogen-bond donors (Lipinski definition) is 2. The average Bonchev–Trinajstić information content (AvgIpc) is 2.94. The number of sulfonamides is 1. The van der Waals surface area contributed by atoms with Crippen LogP contribution in [0.25, 0.3) is 0 Å². The molecule has 2 aliphatic rings. The Bertz CT molecular complexity index is 546. The van der Waals surface area contributed by atoms with E-state index in [4.69, 9.17) is 4.74 Å². The van der Waals surface area contributed by atoms with Crippen LogP contribution in [0.2, 0.25) is 0 Å². The van der Waals surface area contributed by atoms with Gasteiger partial charge in [0.25, 0.3) is 0 Å². The fourth-order valence-electron chi connectivity index (χ4n) is 2.18. The number of nitrogens with one attached hydrogen (secondary N) is 2. The number of thiophene rings is 1. The van der Waals surface area contributed by atoms with Crippen LogP contribution in [-0.2, 0) is 21.3 Å². The van der Waals surface area contributed by atoms with E-state index in [1.807, 2.05) is 0 Å². The number of ether oxygens (including phenoxy) is 1. The van der Waals surface area contributed by atoms with Crippen LogP contribution in [0.1, 0.15) is 24.1 Å². The summed E-state index contributed by atoms with van der Waals surface area (Å²) in [6.07, 6.45) is 3.41. The van der Waals surface area contributed by atoms with Gasteiger partial charge in [-0.3, -0.25) is 0 Å². The third-order valence-corrected chi connectivity index (χ3v) is 6.16. The van der Waals surface area contributed by atoms with E-state index in [2.05, 4.69) is 10.0 Å². The summed E-state index contributed by atoms with van der Waals surface area (Å²) in [7, 11) is -3.37. The van der Waals surface area contributed by atoms with Crippen molar-refractivity contribution in [3.8, 4) is 0 Å². The lowest BCUT2D eigenvalue weighted by molar-refractivity contribution is 0.186. The molecule has 1 aliphatic carbocycles. The molecule has 1 aromatic rings. The minimum atomic E-state index is -3.37.